The summed E-state index contributed by atoms with van der Waals surface area (Å²) in [5, 5.41) is 8.21. The number of aromatic nitrogens is 2. The van der Waals surface area contributed by atoms with Crippen molar-refractivity contribution < 1.29 is 22.7 Å². The quantitative estimate of drug-likeness (QED) is 0.491. The van der Waals surface area contributed by atoms with E-state index in [0.717, 1.165) is 5.52 Å². The Morgan fingerprint density at radius 2 is 1.84 bits per heavy atom. The van der Waals surface area contributed by atoms with E-state index >= 15 is 0 Å². The van der Waals surface area contributed by atoms with E-state index in [4.69, 9.17) is 14.6 Å². The summed E-state index contributed by atoms with van der Waals surface area (Å²) < 4.78 is 35.7. The fourth-order valence-electron chi connectivity index (χ4n) is 3.00. The van der Waals surface area contributed by atoms with Crippen LogP contribution in [0, 0.1) is 0 Å². The molecule has 1 aromatic heterocycles. The molecule has 31 heavy (non-hydrogen) atoms. The first-order chi connectivity index (χ1) is 14.7. The van der Waals surface area contributed by atoms with Crippen LogP contribution in [-0.2, 0) is 21.4 Å². The predicted octanol–water partition coefficient (Wildman–Crippen LogP) is 2.84. The van der Waals surface area contributed by atoms with Crippen molar-refractivity contribution in [2.45, 2.75) is 35.7 Å². The molecule has 0 spiro atoms. The number of thioether (sulfide) groups is 1. The van der Waals surface area contributed by atoms with Gasteiger partial charge in [-0.1, -0.05) is 11.8 Å². The second kappa shape index (κ2) is 9.16. The van der Waals surface area contributed by atoms with Crippen LogP contribution in [0.15, 0.2) is 46.5 Å². The van der Waals surface area contributed by atoms with Gasteiger partial charge in [-0.2, -0.15) is 0 Å². The Hall–Kier alpha value is -2.76. The molecule has 0 radical (unpaired) electrons. The molecule has 0 bridgehead atoms. The number of hydrogen-bond acceptors (Lipinski definition) is 7. The maximum atomic E-state index is 12.8. The van der Waals surface area contributed by atoms with E-state index < -0.39 is 15.3 Å². The van der Waals surface area contributed by atoms with E-state index in [-0.39, 0.29) is 10.8 Å². The lowest BCUT2D eigenvalue weighted by atomic mass is 10.2. The van der Waals surface area contributed by atoms with Gasteiger partial charge in [0.15, 0.2) is 5.16 Å². The maximum absolute atomic E-state index is 12.8. The van der Waals surface area contributed by atoms with Crippen molar-refractivity contribution in [1.29, 1.82) is 0 Å². The third kappa shape index (κ3) is 5.12. The van der Waals surface area contributed by atoms with Crippen molar-refractivity contribution in [2.75, 3.05) is 19.5 Å². The summed E-state index contributed by atoms with van der Waals surface area (Å²) in [6.07, 6.45) is 0. The summed E-state index contributed by atoms with van der Waals surface area (Å²) >= 11 is 1.28. The SMILES string of the molecule is CCn1c(SC(C)C(=O)Nc2cc(OC)cc(OC)c2)nc2cc(S(N)(=O)=O)ccc21. The van der Waals surface area contributed by atoms with Crippen molar-refractivity contribution in [3.63, 3.8) is 0 Å². The molecule has 11 heteroatoms. The third-order valence-corrected chi connectivity index (χ3v) is 6.60. The smallest absolute Gasteiger partial charge is 0.238 e. The minimum absolute atomic E-state index is 0.00457. The van der Waals surface area contributed by atoms with Gasteiger partial charge in [-0.3, -0.25) is 4.79 Å². The Morgan fingerprint density at radius 3 is 2.39 bits per heavy atom. The fourth-order valence-corrected chi connectivity index (χ4v) is 4.52. The summed E-state index contributed by atoms with van der Waals surface area (Å²) in [7, 11) is -0.754. The van der Waals surface area contributed by atoms with Crippen LogP contribution in [0.5, 0.6) is 11.5 Å². The van der Waals surface area contributed by atoms with Crippen molar-refractivity contribution in [3.05, 3.63) is 36.4 Å². The number of imidazole rings is 1. The van der Waals surface area contributed by atoms with Crippen molar-refractivity contribution >= 4 is 44.4 Å². The number of nitrogens with zero attached hydrogens (tertiary/aromatic N) is 2. The molecular weight excluding hydrogens is 440 g/mol. The highest BCUT2D eigenvalue weighted by Gasteiger charge is 2.21. The topological polar surface area (TPSA) is 126 Å². The average Bonchev–Trinajstić information content (AvgIpc) is 3.08. The molecule has 1 unspecified atom stereocenters. The van der Waals surface area contributed by atoms with Gasteiger partial charge >= 0.3 is 0 Å². The molecule has 0 aliphatic heterocycles. The van der Waals surface area contributed by atoms with Crippen LogP contribution < -0.4 is 19.9 Å². The largest absolute Gasteiger partial charge is 0.497 e. The molecule has 0 aliphatic rings. The number of benzene rings is 2. The number of nitrogens with one attached hydrogen (secondary N) is 1. The number of anilines is 1. The number of sulfonamides is 1. The maximum Gasteiger partial charge on any atom is 0.238 e. The lowest BCUT2D eigenvalue weighted by Gasteiger charge is -2.14. The first-order valence-electron chi connectivity index (χ1n) is 9.40. The normalized spacial score (nSPS) is 12.5. The molecule has 0 saturated carbocycles. The first kappa shape index (κ1) is 22.9. The van der Waals surface area contributed by atoms with E-state index in [9.17, 15) is 13.2 Å². The molecule has 1 amide bonds. The molecule has 1 atom stereocenters. The Bertz CT molecular complexity index is 1200. The molecule has 3 N–H and O–H groups in total. The number of nitrogens with two attached hydrogens (primary N) is 1. The van der Waals surface area contributed by atoms with E-state index in [1.807, 2.05) is 11.5 Å². The van der Waals surface area contributed by atoms with E-state index in [1.165, 1.54) is 38.1 Å². The number of carbonyl (C=O) groups excluding carboxylic acids is 1. The van der Waals surface area contributed by atoms with Crippen molar-refractivity contribution in [3.8, 4) is 11.5 Å². The zero-order valence-corrected chi connectivity index (χ0v) is 19.2. The number of ether oxygens (including phenoxy) is 2. The lowest BCUT2D eigenvalue weighted by Crippen LogP contribution is -2.23. The highest BCUT2D eigenvalue weighted by atomic mass is 32.2. The average molecular weight is 465 g/mol. The summed E-state index contributed by atoms with van der Waals surface area (Å²) in [6, 6.07) is 9.68. The van der Waals surface area contributed by atoms with Crippen molar-refractivity contribution in [2.24, 2.45) is 5.14 Å². The van der Waals surface area contributed by atoms with Crippen LogP contribution >= 0.6 is 11.8 Å². The predicted molar refractivity (Wildman–Crippen MR) is 120 cm³/mol. The number of fused-ring (bicyclic) bond motifs is 1. The van der Waals surface area contributed by atoms with Crippen LogP contribution in [0.2, 0.25) is 0 Å². The lowest BCUT2D eigenvalue weighted by molar-refractivity contribution is -0.115. The van der Waals surface area contributed by atoms with Crippen LogP contribution in [0.3, 0.4) is 0 Å². The number of hydrogen-bond donors (Lipinski definition) is 2. The van der Waals surface area contributed by atoms with Crippen LogP contribution in [0.1, 0.15) is 13.8 Å². The molecule has 3 rings (SSSR count). The molecule has 0 saturated heterocycles. The van der Waals surface area contributed by atoms with Gasteiger partial charge in [-0.25, -0.2) is 18.5 Å². The molecule has 166 valence electrons. The van der Waals surface area contributed by atoms with Gasteiger partial charge in [0.1, 0.15) is 11.5 Å². The Morgan fingerprint density at radius 1 is 1.19 bits per heavy atom. The van der Waals surface area contributed by atoms with Crippen LogP contribution in [-0.4, -0.2) is 43.3 Å². The number of rotatable bonds is 8. The summed E-state index contributed by atoms with van der Waals surface area (Å²) in [6.45, 7) is 4.33. The number of amides is 1. The van der Waals surface area contributed by atoms with Gasteiger partial charge in [-0.15, -0.1) is 0 Å². The third-order valence-electron chi connectivity index (χ3n) is 4.60. The van der Waals surface area contributed by atoms with Gasteiger partial charge in [0.25, 0.3) is 0 Å². The monoisotopic (exact) mass is 464 g/mol. The van der Waals surface area contributed by atoms with Crippen molar-refractivity contribution in [1.82, 2.24) is 9.55 Å². The first-order valence-corrected chi connectivity index (χ1v) is 11.8. The number of carbonyl (C=O) groups is 1. The highest BCUT2D eigenvalue weighted by Crippen LogP contribution is 2.30. The van der Waals surface area contributed by atoms with Gasteiger partial charge in [-0.05, 0) is 32.0 Å². The number of methoxy groups -OCH3 is 2. The van der Waals surface area contributed by atoms with Crippen LogP contribution in [0.25, 0.3) is 11.0 Å². The highest BCUT2D eigenvalue weighted by molar-refractivity contribution is 8.00. The second-order valence-electron chi connectivity index (χ2n) is 6.68. The van der Waals surface area contributed by atoms with Gasteiger partial charge < -0.3 is 19.4 Å². The zero-order valence-electron chi connectivity index (χ0n) is 17.6. The summed E-state index contributed by atoms with van der Waals surface area (Å²) in [5.74, 6) is 0.905. The van der Waals surface area contributed by atoms with Gasteiger partial charge in [0.2, 0.25) is 15.9 Å². The minimum Gasteiger partial charge on any atom is -0.497 e. The molecule has 0 fully saturated rings. The number of aryl methyl sites for hydroxylation is 1. The van der Waals surface area contributed by atoms with Gasteiger partial charge in [0.05, 0.1) is 35.4 Å². The molecular formula is C20H24N4O5S2. The zero-order chi connectivity index (χ0) is 22.8. The Balaban J connectivity index is 1.83. The molecule has 3 aromatic rings. The molecule has 2 aromatic carbocycles. The van der Waals surface area contributed by atoms with E-state index in [2.05, 4.69) is 10.3 Å². The van der Waals surface area contributed by atoms with E-state index in [1.54, 1.807) is 31.2 Å². The summed E-state index contributed by atoms with van der Waals surface area (Å²) in [4.78, 5) is 17.3. The Labute approximate surface area is 185 Å². The van der Waals surface area contributed by atoms with Gasteiger partial charge in [0, 0.05) is 30.4 Å². The van der Waals surface area contributed by atoms with E-state index in [0.29, 0.717) is 34.4 Å². The molecule has 9 nitrogen and oxygen atoms in total. The standard InChI is InChI=1S/C20H24N4O5S2/c1-5-24-18-7-6-16(31(21,26)27)11-17(18)23-20(24)30-12(2)19(25)22-13-8-14(28-3)10-15(9-13)29-4/h6-12H,5H2,1-4H3,(H,22,25)(H2,21,26,27). The summed E-state index contributed by atoms with van der Waals surface area (Å²) in [5.41, 5.74) is 1.82. The number of primary sulfonamides is 1. The molecule has 0 aliphatic carbocycles. The molecule has 1 heterocycles. The Kier molecular flexibility index (Phi) is 6.77. The second-order valence-corrected chi connectivity index (χ2v) is 9.55. The van der Waals surface area contributed by atoms with Crippen LogP contribution in [0.4, 0.5) is 5.69 Å². The minimum atomic E-state index is -3.83. The fraction of sp³-hybridized carbons (Fsp3) is 0.300.